The molecule has 0 aliphatic carbocycles. The van der Waals surface area contributed by atoms with Gasteiger partial charge in [-0.05, 0) is 18.6 Å². The number of aryl methyl sites for hydroxylation is 1. The van der Waals surface area contributed by atoms with Gasteiger partial charge in [-0.1, -0.05) is 42.5 Å². The van der Waals surface area contributed by atoms with Crippen LogP contribution in [0.5, 0.6) is 5.75 Å². The summed E-state index contributed by atoms with van der Waals surface area (Å²) < 4.78 is 16.3. The average molecular weight is 313 g/mol. The topological polar surface area (TPSA) is 68.6 Å². The fraction of sp³-hybridized carbons (Fsp3) is 0.222. The fourth-order valence-corrected chi connectivity index (χ4v) is 2.32. The van der Waals surface area contributed by atoms with Gasteiger partial charge in [0.1, 0.15) is 5.75 Å². The van der Waals surface area contributed by atoms with E-state index in [1.807, 2.05) is 25.1 Å². The summed E-state index contributed by atoms with van der Waals surface area (Å²) in [5.74, 6) is -1.98. The molecule has 5 nitrogen and oxygen atoms in total. The van der Waals surface area contributed by atoms with Crippen molar-refractivity contribution in [3.05, 3.63) is 65.2 Å². The summed E-state index contributed by atoms with van der Waals surface area (Å²) in [6, 6.07) is 14.2. The molecule has 1 unspecified atom stereocenters. The van der Waals surface area contributed by atoms with Gasteiger partial charge in [-0.15, -0.1) is 0 Å². The molecule has 2 rings (SSSR count). The van der Waals surface area contributed by atoms with Crippen molar-refractivity contribution in [2.75, 3.05) is 14.2 Å². The van der Waals surface area contributed by atoms with Gasteiger partial charge in [0.2, 0.25) is 0 Å². The van der Waals surface area contributed by atoms with Crippen LogP contribution in [-0.2, 0) is 20.1 Å². The number of carbonyl (C=O) groups excluding carboxylic acids is 1. The molecule has 0 saturated heterocycles. The summed E-state index contributed by atoms with van der Waals surface area (Å²) in [5, 5.41) is 7.57. The largest absolute Gasteiger partial charge is 0.464 e. The number of nitrogens with one attached hydrogen (secondary N) is 1. The minimum absolute atomic E-state index is 0.410. The second-order valence-electron chi connectivity index (χ2n) is 4.91. The van der Waals surface area contributed by atoms with Gasteiger partial charge >= 0.3 is 11.8 Å². The molecule has 0 aromatic heterocycles. The number of carbonyl (C=O) groups is 1. The van der Waals surface area contributed by atoms with Crippen LogP contribution in [-0.4, -0.2) is 26.4 Å². The van der Waals surface area contributed by atoms with Crippen molar-refractivity contribution in [1.82, 2.24) is 0 Å². The first-order valence-electron chi connectivity index (χ1n) is 7.07. The number of methoxy groups -OCH3 is 2. The van der Waals surface area contributed by atoms with Crippen LogP contribution < -0.4 is 4.74 Å². The van der Waals surface area contributed by atoms with Crippen molar-refractivity contribution in [3.8, 4) is 5.75 Å². The minimum Gasteiger partial charge on any atom is -0.464 e. The maximum absolute atomic E-state index is 12.5. The Morgan fingerprint density at radius 2 is 1.74 bits per heavy atom. The van der Waals surface area contributed by atoms with Crippen molar-refractivity contribution in [2.24, 2.45) is 0 Å². The van der Waals surface area contributed by atoms with E-state index in [1.165, 1.54) is 14.2 Å². The van der Waals surface area contributed by atoms with Crippen molar-refractivity contribution in [2.45, 2.75) is 12.7 Å². The Bertz CT molecular complexity index is 714. The van der Waals surface area contributed by atoms with E-state index in [-0.39, 0.29) is 0 Å². The molecule has 1 atom stereocenters. The summed E-state index contributed by atoms with van der Waals surface area (Å²) in [6.07, 6.45) is 1.15. The number of hydrogen-bond acceptors (Lipinski definition) is 5. The molecule has 0 saturated carbocycles. The van der Waals surface area contributed by atoms with Crippen LogP contribution in [0.25, 0.3) is 0 Å². The second-order valence-corrected chi connectivity index (χ2v) is 4.91. The SMILES string of the molecule is COC(=O)C(OC)(Oc1ccccc1C)c1ccccc1C=N. The highest BCUT2D eigenvalue weighted by Gasteiger charge is 2.46. The fourth-order valence-electron chi connectivity index (χ4n) is 2.32. The summed E-state index contributed by atoms with van der Waals surface area (Å²) in [5.41, 5.74) is 1.77. The molecule has 0 spiro atoms. The molecule has 0 bridgehead atoms. The molecular weight excluding hydrogens is 294 g/mol. The normalized spacial score (nSPS) is 13.0. The standard InChI is InChI=1S/C18H19NO4/c1-13-8-4-7-11-16(13)23-18(22-3,17(20)21-2)15-10-6-5-9-14(15)12-19/h4-12,19H,1-3H3. The van der Waals surface area contributed by atoms with Crippen LogP contribution in [0.15, 0.2) is 48.5 Å². The third kappa shape index (κ3) is 3.10. The molecule has 0 amide bonds. The zero-order valence-corrected chi connectivity index (χ0v) is 13.3. The third-order valence-electron chi connectivity index (χ3n) is 3.56. The smallest absolute Gasteiger partial charge is 0.384 e. The summed E-state index contributed by atoms with van der Waals surface area (Å²) in [4.78, 5) is 12.5. The number of hydrogen-bond donors (Lipinski definition) is 1. The molecular formula is C18H19NO4. The highest BCUT2D eigenvalue weighted by Crippen LogP contribution is 2.33. The average Bonchev–Trinajstić information content (AvgIpc) is 2.60. The Labute approximate surface area is 135 Å². The number of benzene rings is 2. The zero-order valence-electron chi connectivity index (χ0n) is 13.3. The first kappa shape index (κ1) is 16.7. The molecule has 120 valence electrons. The molecule has 0 fully saturated rings. The Morgan fingerprint density at radius 3 is 2.35 bits per heavy atom. The lowest BCUT2D eigenvalue weighted by Crippen LogP contribution is -2.45. The van der Waals surface area contributed by atoms with Gasteiger partial charge in [0.25, 0.3) is 0 Å². The maximum Gasteiger partial charge on any atom is 0.384 e. The van der Waals surface area contributed by atoms with E-state index in [9.17, 15) is 4.79 Å². The van der Waals surface area contributed by atoms with E-state index in [2.05, 4.69) is 0 Å². The van der Waals surface area contributed by atoms with Gasteiger partial charge in [-0.3, -0.25) is 0 Å². The summed E-state index contributed by atoms with van der Waals surface area (Å²) in [6.45, 7) is 1.87. The van der Waals surface area contributed by atoms with Gasteiger partial charge in [0, 0.05) is 24.5 Å². The van der Waals surface area contributed by atoms with Crippen LogP contribution in [0.1, 0.15) is 16.7 Å². The first-order chi connectivity index (χ1) is 11.1. The number of ether oxygens (including phenoxy) is 3. The number of para-hydroxylation sites is 1. The minimum atomic E-state index is -1.78. The van der Waals surface area contributed by atoms with Crippen LogP contribution in [0.4, 0.5) is 0 Å². The predicted octanol–water partition coefficient (Wildman–Crippen LogP) is 3.04. The Balaban J connectivity index is 2.63. The Kier molecular flexibility index (Phi) is 5.13. The lowest BCUT2D eigenvalue weighted by Gasteiger charge is -2.31. The second kappa shape index (κ2) is 7.07. The molecule has 23 heavy (non-hydrogen) atoms. The van der Waals surface area contributed by atoms with Crippen molar-refractivity contribution in [1.29, 1.82) is 5.41 Å². The third-order valence-corrected chi connectivity index (χ3v) is 3.56. The van der Waals surface area contributed by atoms with E-state index in [1.54, 1.807) is 30.3 Å². The van der Waals surface area contributed by atoms with Gasteiger partial charge < -0.3 is 19.6 Å². The lowest BCUT2D eigenvalue weighted by molar-refractivity contribution is -0.211. The molecule has 2 aromatic rings. The number of rotatable bonds is 6. The molecule has 0 heterocycles. The summed E-state index contributed by atoms with van der Waals surface area (Å²) in [7, 11) is 2.64. The van der Waals surface area contributed by atoms with Crippen molar-refractivity contribution >= 4 is 12.2 Å². The predicted molar refractivity (Wildman–Crippen MR) is 86.8 cm³/mol. The van der Waals surface area contributed by atoms with E-state index in [0.717, 1.165) is 11.8 Å². The van der Waals surface area contributed by atoms with Crippen LogP contribution in [0, 0.1) is 12.3 Å². The van der Waals surface area contributed by atoms with Gasteiger partial charge in [-0.25, -0.2) is 4.79 Å². The first-order valence-corrected chi connectivity index (χ1v) is 7.07. The van der Waals surface area contributed by atoms with Crippen molar-refractivity contribution in [3.63, 3.8) is 0 Å². The summed E-state index contributed by atoms with van der Waals surface area (Å²) >= 11 is 0. The van der Waals surface area contributed by atoms with E-state index in [0.29, 0.717) is 16.9 Å². The van der Waals surface area contributed by atoms with Crippen LogP contribution in [0.2, 0.25) is 0 Å². The van der Waals surface area contributed by atoms with Crippen molar-refractivity contribution < 1.29 is 19.0 Å². The lowest BCUT2D eigenvalue weighted by atomic mass is 9.99. The van der Waals surface area contributed by atoms with Crippen LogP contribution >= 0.6 is 0 Å². The van der Waals surface area contributed by atoms with Gasteiger partial charge in [-0.2, -0.15) is 0 Å². The van der Waals surface area contributed by atoms with E-state index in [4.69, 9.17) is 19.6 Å². The highest BCUT2D eigenvalue weighted by molar-refractivity contribution is 5.87. The van der Waals surface area contributed by atoms with Crippen LogP contribution in [0.3, 0.4) is 0 Å². The molecule has 0 aliphatic heterocycles. The molecule has 2 aromatic carbocycles. The monoisotopic (exact) mass is 313 g/mol. The van der Waals surface area contributed by atoms with Gasteiger partial charge in [0.15, 0.2) is 0 Å². The maximum atomic E-state index is 12.5. The van der Waals surface area contributed by atoms with E-state index >= 15 is 0 Å². The van der Waals surface area contributed by atoms with E-state index < -0.39 is 11.8 Å². The molecule has 5 heteroatoms. The Hall–Kier alpha value is -2.66. The zero-order chi connectivity index (χ0) is 16.9. The molecule has 1 N–H and O–H groups in total. The number of esters is 1. The molecule has 0 aliphatic rings. The van der Waals surface area contributed by atoms with Gasteiger partial charge in [0.05, 0.1) is 7.11 Å². The highest BCUT2D eigenvalue weighted by atomic mass is 16.7. The Morgan fingerprint density at radius 1 is 1.09 bits per heavy atom. The quantitative estimate of drug-likeness (QED) is 0.505. The molecule has 0 radical (unpaired) electrons.